The third-order valence-electron chi connectivity index (χ3n) is 5.16. The molecular weight excluding hydrogens is 356 g/mol. The number of amides is 1. The van der Waals surface area contributed by atoms with Gasteiger partial charge < -0.3 is 10.1 Å². The van der Waals surface area contributed by atoms with Crippen LogP contribution in [-0.4, -0.2) is 13.0 Å². The van der Waals surface area contributed by atoms with Gasteiger partial charge in [-0.15, -0.1) is 11.3 Å². The van der Waals surface area contributed by atoms with Crippen molar-refractivity contribution in [2.75, 3.05) is 12.4 Å². The van der Waals surface area contributed by atoms with E-state index in [9.17, 15) is 10.1 Å². The second kappa shape index (κ2) is 7.05. The molecule has 0 radical (unpaired) electrons. The first kappa shape index (κ1) is 17.6. The SMILES string of the molecule is COc1cc2ccccc2cc1C(=O)Nc1sc2c(c1C#N)CC[C@H](C)C2. The molecule has 0 saturated carbocycles. The van der Waals surface area contributed by atoms with Crippen molar-refractivity contribution in [2.24, 2.45) is 5.92 Å². The molecule has 1 atom stereocenters. The molecule has 27 heavy (non-hydrogen) atoms. The van der Waals surface area contributed by atoms with Crippen LogP contribution in [0, 0.1) is 17.2 Å². The van der Waals surface area contributed by atoms with Gasteiger partial charge in [0.25, 0.3) is 5.91 Å². The second-order valence-corrected chi connectivity index (χ2v) is 8.13. The molecule has 0 fully saturated rings. The molecule has 0 spiro atoms. The Kier molecular flexibility index (Phi) is 4.59. The summed E-state index contributed by atoms with van der Waals surface area (Å²) in [5.41, 5.74) is 2.20. The van der Waals surface area contributed by atoms with Crippen LogP contribution >= 0.6 is 11.3 Å². The van der Waals surface area contributed by atoms with E-state index in [1.54, 1.807) is 7.11 Å². The Bertz CT molecular complexity index is 1080. The fourth-order valence-electron chi connectivity index (χ4n) is 3.69. The van der Waals surface area contributed by atoms with E-state index in [1.807, 2.05) is 36.4 Å². The maximum absolute atomic E-state index is 13.0. The number of hydrogen-bond acceptors (Lipinski definition) is 4. The van der Waals surface area contributed by atoms with Gasteiger partial charge in [0.15, 0.2) is 0 Å². The maximum atomic E-state index is 13.0. The number of ether oxygens (including phenoxy) is 1. The first-order chi connectivity index (χ1) is 13.1. The van der Waals surface area contributed by atoms with Crippen molar-refractivity contribution in [2.45, 2.75) is 26.2 Å². The van der Waals surface area contributed by atoms with Crippen LogP contribution < -0.4 is 10.1 Å². The summed E-state index contributed by atoms with van der Waals surface area (Å²) in [6.07, 6.45) is 2.97. The van der Waals surface area contributed by atoms with E-state index in [2.05, 4.69) is 18.3 Å². The highest BCUT2D eigenvalue weighted by atomic mass is 32.1. The standard InChI is InChI=1S/C22H20N2O2S/c1-13-7-8-16-18(12-23)22(27-20(16)9-13)24-21(25)17-10-14-5-3-4-6-15(14)11-19(17)26-2/h3-6,10-11,13H,7-9H2,1-2H3,(H,24,25)/t13-/m0/s1. The number of nitrogens with zero attached hydrogens (tertiary/aromatic N) is 1. The molecule has 0 unspecified atom stereocenters. The summed E-state index contributed by atoms with van der Waals surface area (Å²) in [4.78, 5) is 14.2. The predicted molar refractivity (Wildman–Crippen MR) is 109 cm³/mol. The number of methoxy groups -OCH3 is 1. The Labute approximate surface area is 162 Å². The van der Waals surface area contributed by atoms with Crippen molar-refractivity contribution in [3.8, 4) is 11.8 Å². The highest BCUT2D eigenvalue weighted by Gasteiger charge is 2.25. The quantitative estimate of drug-likeness (QED) is 0.687. The summed E-state index contributed by atoms with van der Waals surface area (Å²) in [7, 11) is 1.56. The summed E-state index contributed by atoms with van der Waals surface area (Å²) in [5, 5.41) is 15.2. The first-order valence-corrected chi connectivity index (χ1v) is 9.85. The molecule has 1 aliphatic carbocycles. The lowest BCUT2D eigenvalue weighted by Crippen LogP contribution is -2.13. The molecule has 1 aromatic heterocycles. The predicted octanol–water partition coefficient (Wildman–Crippen LogP) is 5.16. The lowest BCUT2D eigenvalue weighted by molar-refractivity contribution is 0.102. The largest absolute Gasteiger partial charge is 0.496 e. The minimum Gasteiger partial charge on any atom is -0.496 e. The average Bonchev–Trinajstić information content (AvgIpc) is 3.02. The Morgan fingerprint density at radius 1 is 1.30 bits per heavy atom. The molecular formula is C22H20N2O2S. The van der Waals surface area contributed by atoms with E-state index in [-0.39, 0.29) is 5.91 Å². The number of carbonyl (C=O) groups is 1. The maximum Gasteiger partial charge on any atom is 0.260 e. The number of anilines is 1. The molecule has 1 N–H and O–H groups in total. The Morgan fingerprint density at radius 2 is 2.04 bits per heavy atom. The van der Waals surface area contributed by atoms with Crippen molar-refractivity contribution in [1.82, 2.24) is 0 Å². The van der Waals surface area contributed by atoms with Crippen LogP contribution in [0.3, 0.4) is 0 Å². The van der Waals surface area contributed by atoms with Gasteiger partial charge in [0, 0.05) is 4.88 Å². The first-order valence-electron chi connectivity index (χ1n) is 9.03. The van der Waals surface area contributed by atoms with E-state index in [0.717, 1.165) is 35.6 Å². The summed E-state index contributed by atoms with van der Waals surface area (Å²) in [6, 6.07) is 13.9. The van der Waals surface area contributed by atoms with Gasteiger partial charge in [0.05, 0.1) is 18.2 Å². The van der Waals surface area contributed by atoms with Gasteiger partial charge in [-0.1, -0.05) is 31.2 Å². The Hall–Kier alpha value is -2.84. The van der Waals surface area contributed by atoms with Gasteiger partial charge in [0.2, 0.25) is 0 Å². The normalized spacial score (nSPS) is 15.8. The molecule has 0 saturated heterocycles. The summed E-state index contributed by atoms with van der Waals surface area (Å²) in [6.45, 7) is 2.23. The van der Waals surface area contributed by atoms with Crippen molar-refractivity contribution in [1.29, 1.82) is 5.26 Å². The van der Waals surface area contributed by atoms with E-state index in [4.69, 9.17) is 4.74 Å². The van der Waals surface area contributed by atoms with Crippen LogP contribution in [0.1, 0.15) is 39.7 Å². The van der Waals surface area contributed by atoms with Gasteiger partial charge in [-0.3, -0.25) is 4.79 Å². The summed E-state index contributed by atoms with van der Waals surface area (Å²) >= 11 is 1.54. The van der Waals surface area contributed by atoms with Crippen LogP contribution in [0.25, 0.3) is 10.8 Å². The van der Waals surface area contributed by atoms with Crippen LogP contribution in [0.5, 0.6) is 5.75 Å². The van der Waals surface area contributed by atoms with Crippen LogP contribution in [0.15, 0.2) is 36.4 Å². The monoisotopic (exact) mass is 376 g/mol. The smallest absolute Gasteiger partial charge is 0.260 e. The van der Waals surface area contributed by atoms with Gasteiger partial charge in [-0.05, 0) is 53.6 Å². The van der Waals surface area contributed by atoms with E-state index in [1.165, 1.54) is 16.2 Å². The second-order valence-electron chi connectivity index (χ2n) is 7.02. The minimum absolute atomic E-state index is 0.249. The van der Waals surface area contributed by atoms with Crippen LogP contribution in [0.4, 0.5) is 5.00 Å². The Balaban J connectivity index is 1.71. The fraction of sp³-hybridized carbons (Fsp3) is 0.273. The molecule has 4 nitrogen and oxygen atoms in total. The molecule has 1 heterocycles. The molecule has 0 bridgehead atoms. The molecule has 0 aliphatic heterocycles. The van der Waals surface area contributed by atoms with Crippen LogP contribution in [0.2, 0.25) is 0 Å². The van der Waals surface area contributed by atoms with E-state index in [0.29, 0.717) is 27.8 Å². The minimum atomic E-state index is -0.249. The number of carbonyl (C=O) groups excluding carboxylic acids is 1. The number of thiophene rings is 1. The van der Waals surface area contributed by atoms with Crippen molar-refractivity contribution in [3.63, 3.8) is 0 Å². The summed E-state index contributed by atoms with van der Waals surface area (Å²) in [5.74, 6) is 0.896. The molecule has 1 aliphatic rings. The molecule has 3 aromatic rings. The topological polar surface area (TPSA) is 62.1 Å². The highest BCUT2D eigenvalue weighted by Crippen LogP contribution is 2.39. The van der Waals surface area contributed by atoms with Crippen molar-refractivity contribution >= 4 is 33.0 Å². The zero-order valence-corrected chi connectivity index (χ0v) is 16.2. The molecule has 4 rings (SSSR count). The average molecular weight is 376 g/mol. The van der Waals surface area contributed by atoms with Crippen LogP contribution in [-0.2, 0) is 12.8 Å². The lowest BCUT2D eigenvalue weighted by Gasteiger charge is -2.17. The zero-order chi connectivity index (χ0) is 19.0. The number of benzene rings is 2. The van der Waals surface area contributed by atoms with Crippen molar-refractivity contribution in [3.05, 3.63) is 58.0 Å². The van der Waals surface area contributed by atoms with E-state index < -0.39 is 0 Å². The van der Waals surface area contributed by atoms with Gasteiger partial charge in [0.1, 0.15) is 16.8 Å². The lowest BCUT2D eigenvalue weighted by atomic mass is 9.88. The number of fused-ring (bicyclic) bond motifs is 2. The van der Waals surface area contributed by atoms with Crippen molar-refractivity contribution < 1.29 is 9.53 Å². The Morgan fingerprint density at radius 3 is 2.74 bits per heavy atom. The molecule has 2 aromatic carbocycles. The number of nitriles is 1. The molecule has 5 heteroatoms. The third-order valence-corrected chi connectivity index (χ3v) is 6.33. The number of rotatable bonds is 3. The van der Waals surface area contributed by atoms with Gasteiger partial charge in [-0.2, -0.15) is 5.26 Å². The van der Waals surface area contributed by atoms with E-state index >= 15 is 0 Å². The van der Waals surface area contributed by atoms with Gasteiger partial charge in [-0.25, -0.2) is 0 Å². The number of hydrogen-bond donors (Lipinski definition) is 1. The summed E-state index contributed by atoms with van der Waals surface area (Å²) < 4.78 is 5.44. The zero-order valence-electron chi connectivity index (χ0n) is 15.3. The number of nitrogens with one attached hydrogen (secondary N) is 1. The molecule has 1 amide bonds. The highest BCUT2D eigenvalue weighted by molar-refractivity contribution is 7.16. The molecule has 136 valence electrons. The fourth-order valence-corrected chi connectivity index (χ4v) is 5.05. The third kappa shape index (κ3) is 3.17. The van der Waals surface area contributed by atoms with Gasteiger partial charge >= 0.3 is 0 Å².